The Balaban J connectivity index is 0.000000218. The van der Waals surface area contributed by atoms with Gasteiger partial charge in [0.15, 0.2) is 0 Å². The maximum atomic E-state index is 10.0. The van der Waals surface area contributed by atoms with Gasteiger partial charge in [0.2, 0.25) is 0 Å². The highest BCUT2D eigenvalue weighted by molar-refractivity contribution is 5.37. The maximum Gasteiger partial charge on any atom is 0.0583 e. The van der Waals surface area contributed by atoms with Crippen LogP contribution in [-0.4, -0.2) is 22.4 Å². The number of allylic oxidation sites excluding steroid dienone is 12. The number of rotatable bonds is 10. The summed E-state index contributed by atoms with van der Waals surface area (Å²) in [5.74, 6) is 6.56. The van der Waals surface area contributed by atoms with E-state index < -0.39 is 0 Å². The molecule has 6 aliphatic rings. The zero-order chi connectivity index (χ0) is 41.5. The molecule has 6 aliphatic carbocycles. The monoisotopic (exact) mass is 779 g/mol. The molecule has 0 amide bonds. The van der Waals surface area contributed by atoms with Crippen LogP contribution in [0.4, 0.5) is 0 Å². The molecular formula is C55H86O2. The minimum absolute atomic E-state index is 0.180. The van der Waals surface area contributed by atoms with Gasteiger partial charge in [-0.2, -0.15) is 0 Å². The second-order valence-corrected chi connectivity index (χ2v) is 21.3. The quantitative estimate of drug-likeness (QED) is 0.217. The molecule has 2 nitrogen and oxygen atoms in total. The van der Waals surface area contributed by atoms with E-state index >= 15 is 0 Å². The van der Waals surface area contributed by atoms with Crippen molar-refractivity contribution in [2.45, 2.75) is 184 Å². The average molecular weight is 779 g/mol. The molecule has 0 aromatic heterocycles. The molecule has 0 bridgehead atoms. The lowest BCUT2D eigenvalue weighted by Gasteiger charge is -2.44. The lowest BCUT2D eigenvalue weighted by molar-refractivity contribution is 0.112. The lowest BCUT2D eigenvalue weighted by Crippen LogP contribution is -2.35. The van der Waals surface area contributed by atoms with Gasteiger partial charge in [-0.3, -0.25) is 0 Å². The molecule has 0 saturated heterocycles. The molecule has 6 fully saturated rings. The minimum Gasteiger partial charge on any atom is -0.393 e. The van der Waals surface area contributed by atoms with E-state index in [4.69, 9.17) is 0 Å². The Labute approximate surface area is 351 Å². The summed E-state index contributed by atoms with van der Waals surface area (Å²) in [5.41, 5.74) is 9.23. The van der Waals surface area contributed by atoms with Crippen molar-refractivity contribution in [3.8, 4) is 0 Å². The summed E-state index contributed by atoms with van der Waals surface area (Å²) in [5, 5.41) is 20.1. The fourth-order valence-electron chi connectivity index (χ4n) is 12.5. The van der Waals surface area contributed by atoms with Crippen molar-refractivity contribution in [3.05, 3.63) is 95.2 Å². The first-order valence-electron chi connectivity index (χ1n) is 23.9. The zero-order valence-electron chi connectivity index (χ0n) is 38.3. The van der Waals surface area contributed by atoms with E-state index in [2.05, 4.69) is 124 Å². The van der Waals surface area contributed by atoms with E-state index in [0.29, 0.717) is 28.6 Å². The highest BCUT2D eigenvalue weighted by atomic mass is 16.3. The van der Waals surface area contributed by atoms with Crippen LogP contribution in [0.1, 0.15) is 171 Å². The van der Waals surface area contributed by atoms with Crippen LogP contribution >= 0.6 is 0 Å². The van der Waals surface area contributed by atoms with Gasteiger partial charge in [0.05, 0.1) is 12.2 Å². The van der Waals surface area contributed by atoms with Crippen LogP contribution in [0.15, 0.2) is 95.2 Å². The predicted molar refractivity (Wildman–Crippen MR) is 247 cm³/mol. The Morgan fingerprint density at radius 2 is 1.05 bits per heavy atom. The van der Waals surface area contributed by atoms with Crippen LogP contribution in [0.25, 0.3) is 0 Å². The van der Waals surface area contributed by atoms with Gasteiger partial charge < -0.3 is 10.2 Å². The highest BCUT2D eigenvalue weighted by Crippen LogP contribution is 2.61. The van der Waals surface area contributed by atoms with Crippen molar-refractivity contribution in [1.82, 2.24) is 0 Å². The molecule has 0 aromatic rings. The molecule has 0 aromatic carbocycles. The summed E-state index contributed by atoms with van der Waals surface area (Å²) in [6, 6.07) is 0. The summed E-state index contributed by atoms with van der Waals surface area (Å²) < 4.78 is 0. The molecular weight excluding hydrogens is 693 g/mol. The van der Waals surface area contributed by atoms with Crippen LogP contribution in [0, 0.1) is 64.1 Å². The predicted octanol–water partition coefficient (Wildman–Crippen LogP) is 15.0. The van der Waals surface area contributed by atoms with Gasteiger partial charge in [0, 0.05) is 0 Å². The van der Waals surface area contributed by atoms with Crippen LogP contribution in [0.5, 0.6) is 0 Å². The Bertz CT molecular complexity index is 1560. The second kappa shape index (κ2) is 20.4. The van der Waals surface area contributed by atoms with E-state index in [0.717, 1.165) is 74.0 Å². The Morgan fingerprint density at radius 3 is 1.49 bits per heavy atom. The fourth-order valence-corrected chi connectivity index (χ4v) is 12.5. The van der Waals surface area contributed by atoms with Gasteiger partial charge in [0.1, 0.15) is 0 Å². The Kier molecular flexibility index (Phi) is 16.4. The molecule has 0 unspecified atom stereocenters. The van der Waals surface area contributed by atoms with Gasteiger partial charge in [-0.05, 0) is 184 Å². The van der Waals surface area contributed by atoms with Crippen LogP contribution < -0.4 is 0 Å². The third kappa shape index (κ3) is 11.4. The number of aliphatic hydroxyl groups is 2. The van der Waals surface area contributed by atoms with Gasteiger partial charge in [0.25, 0.3) is 0 Å². The molecule has 2 N–H and O–H groups in total. The van der Waals surface area contributed by atoms with E-state index in [-0.39, 0.29) is 12.2 Å². The van der Waals surface area contributed by atoms with Crippen molar-refractivity contribution in [3.63, 3.8) is 0 Å². The summed E-state index contributed by atoms with van der Waals surface area (Å²) in [7, 11) is 0. The SMILES string of the molecule is C=C1CC[C@H](O)C/C1=C/C=C1\CCC[C@]2(C)[C@@H]([C@H](C)/C=C/CC(C)C)CC[C@@H]12.C=C1CC[C@H](O)C/C1=C/C=C1\CCC[C@]2(C)[C@@H]([C@H](C)/C=C/[C@H](C)C(C)C)CC[C@@H]12. The summed E-state index contributed by atoms with van der Waals surface area (Å²) in [6.45, 7) is 30.1. The number of hydrogen-bond acceptors (Lipinski definition) is 2. The van der Waals surface area contributed by atoms with Crippen molar-refractivity contribution < 1.29 is 10.2 Å². The molecule has 0 spiro atoms. The van der Waals surface area contributed by atoms with Gasteiger partial charge in [-0.25, -0.2) is 0 Å². The first-order valence-corrected chi connectivity index (χ1v) is 23.9. The topological polar surface area (TPSA) is 40.5 Å². The number of hydrogen-bond donors (Lipinski definition) is 2. The van der Waals surface area contributed by atoms with Crippen LogP contribution in [0.2, 0.25) is 0 Å². The van der Waals surface area contributed by atoms with Crippen molar-refractivity contribution in [2.24, 2.45) is 64.1 Å². The molecule has 11 atom stereocenters. The normalized spacial score (nSPS) is 38.1. The molecule has 318 valence electrons. The zero-order valence-corrected chi connectivity index (χ0v) is 38.3. The molecule has 57 heavy (non-hydrogen) atoms. The molecule has 0 aliphatic heterocycles. The van der Waals surface area contributed by atoms with Gasteiger partial charge >= 0.3 is 0 Å². The summed E-state index contributed by atoms with van der Waals surface area (Å²) >= 11 is 0. The van der Waals surface area contributed by atoms with E-state index in [1.807, 2.05) is 0 Å². The first kappa shape index (κ1) is 45.9. The standard InChI is InChI=1S/C28H44O.C27H42O/c1-19(2)20(3)9-10-22(5)26-15-16-27-23(8-7-17-28(26,27)6)12-13-24-18-25(29)14-11-21(24)4;1-19(2)8-6-9-21(4)25-15-16-26-22(10-7-17-27(25,26)5)12-13-23-18-24(28)14-11-20(23)3/h9-10,12-13,19-20,22,25-27,29H,4,7-8,11,14-18H2,1-3,5-6H3;6,9,12-13,19,21,24-26,28H,3,7-8,10-11,14-18H2,1-2,4-5H3/b10-9+,23-12+,24-13-;9-6+,22-12+,23-13-/t20-,22+,25-,26+,27-,28+;21-,24+,25-,26+,27-/m01/s1. The molecule has 6 saturated carbocycles. The third-order valence-electron chi connectivity index (χ3n) is 16.5. The maximum absolute atomic E-state index is 10.0. The van der Waals surface area contributed by atoms with Crippen LogP contribution in [-0.2, 0) is 0 Å². The summed E-state index contributed by atoms with van der Waals surface area (Å²) in [4.78, 5) is 0. The van der Waals surface area contributed by atoms with E-state index in [1.54, 1.807) is 11.1 Å². The third-order valence-corrected chi connectivity index (χ3v) is 16.5. The van der Waals surface area contributed by atoms with Crippen molar-refractivity contribution >= 4 is 0 Å². The lowest BCUT2D eigenvalue weighted by atomic mass is 9.61. The van der Waals surface area contributed by atoms with E-state index in [9.17, 15) is 10.2 Å². The first-order chi connectivity index (χ1) is 27.0. The highest BCUT2D eigenvalue weighted by Gasteiger charge is 2.51. The molecule has 6 rings (SSSR count). The molecule has 0 heterocycles. The van der Waals surface area contributed by atoms with Gasteiger partial charge in [-0.1, -0.05) is 146 Å². The smallest absolute Gasteiger partial charge is 0.0583 e. The second-order valence-electron chi connectivity index (χ2n) is 21.3. The molecule has 0 radical (unpaired) electrons. The average Bonchev–Trinajstić information content (AvgIpc) is 3.71. The number of fused-ring (bicyclic) bond motifs is 2. The Hall–Kier alpha value is -2.16. The summed E-state index contributed by atoms with van der Waals surface area (Å²) in [6.07, 6.45) is 38.7. The van der Waals surface area contributed by atoms with Crippen LogP contribution in [0.3, 0.4) is 0 Å². The van der Waals surface area contributed by atoms with E-state index in [1.165, 1.54) is 92.9 Å². The fraction of sp³-hybridized carbons (Fsp3) is 0.709. The van der Waals surface area contributed by atoms with Crippen molar-refractivity contribution in [2.75, 3.05) is 0 Å². The minimum atomic E-state index is -0.182. The molecule has 2 heteroatoms. The van der Waals surface area contributed by atoms with Gasteiger partial charge in [-0.15, -0.1) is 0 Å². The Morgan fingerprint density at radius 1 is 0.596 bits per heavy atom. The largest absolute Gasteiger partial charge is 0.393 e. The number of aliphatic hydroxyl groups excluding tert-OH is 2. The van der Waals surface area contributed by atoms with Crippen molar-refractivity contribution in [1.29, 1.82) is 0 Å².